The number of methoxy groups -OCH3 is 1. The van der Waals surface area contributed by atoms with Crippen LogP contribution in [-0.2, 0) is 16.6 Å². The van der Waals surface area contributed by atoms with Crippen molar-refractivity contribution in [2.75, 3.05) is 13.7 Å². The molecular formula is C17H23NO2. The van der Waals surface area contributed by atoms with Crippen LogP contribution in [0.1, 0.15) is 50.2 Å². The zero-order valence-electron chi connectivity index (χ0n) is 12.4. The first-order valence-electron chi connectivity index (χ1n) is 7.47. The number of hydrogen-bond donors (Lipinski definition) is 0. The summed E-state index contributed by atoms with van der Waals surface area (Å²) in [6, 6.07) is 6.43. The minimum atomic E-state index is 0.0197. The summed E-state index contributed by atoms with van der Waals surface area (Å²) in [5.41, 5.74) is 2.55. The van der Waals surface area contributed by atoms with Gasteiger partial charge in [0.1, 0.15) is 5.75 Å². The Morgan fingerprint density at radius 1 is 1.30 bits per heavy atom. The number of isocyanates is 1. The number of hydrogen-bond acceptors (Lipinski definition) is 3. The summed E-state index contributed by atoms with van der Waals surface area (Å²) in [5.74, 6) is 0.945. The van der Waals surface area contributed by atoms with Gasteiger partial charge >= 0.3 is 0 Å². The van der Waals surface area contributed by atoms with Crippen molar-refractivity contribution in [2.24, 2.45) is 4.99 Å². The van der Waals surface area contributed by atoms with Crippen LogP contribution in [0.15, 0.2) is 23.2 Å². The number of benzene rings is 1. The SMILES string of the molecule is CCc1cc(C2(CN=C=O)CCCCC2)ccc1OC. The van der Waals surface area contributed by atoms with Gasteiger partial charge in [-0.25, -0.2) is 9.79 Å². The second kappa shape index (κ2) is 6.71. The van der Waals surface area contributed by atoms with Crippen LogP contribution in [0, 0.1) is 0 Å². The summed E-state index contributed by atoms with van der Waals surface area (Å²) in [6.07, 6.45) is 8.57. The molecule has 1 saturated carbocycles. The summed E-state index contributed by atoms with van der Waals surface area (Å²) >= 11 is 0. The van der Waals surface area contributed by atoms with Crippen molar-refractivity contribution in [3.8, 4) is 5.75 Å². The second-order valence-electron chi connectivity index (χ2n) is 5.63. The quantitative estimate of drug-likeness (QED) is 0.604. The van der Waals surface area contributed by atoms with Gasteiger partial charge < -0.3 is 4.74 Å². The van der Waals surface area contributed by atoms with Gasteiger partial charge in [0.05, 0.1) is 13.7 Å². The zero-order valence-corrected chi connectivity index (χ0v) is 12.4. The zero-order chi connectivity index (χ0) is 14.4. The van der Waals surface area contributed by atoms with E-state index in [1.54, 1.807) is 13.2 Å². The van der Waals surface area contributed by atoms with Crippen molar-refractivity contribution in [3.63, 3.8) is 0 Å². The number of rotatable bonds is 5. The smallest absolute Gasteiger partial charge is 0.234 e. The van der Waals surface area contributed by atoms with E-state index in [2.05, 4.69) is 30.1 Å². The molecule has 0 saturated heterocycles. The molecule has 0 bridgehead atoms. The van der Waals surface area contributed by atoms with E-state index in [1.165, 1.54) is 30.4 Å². The first-order chi connectivity index (χ1) is 9.75. The van der Waals surface area contributed by atoms with Crippen molar-refractivity contribution in [3.05, 3.63) is 29.3 Å². The second-order valence-corrected chi connectivity index (χ2v) is 5.63. The van der Waals surface area contributed by atoms with E-state index >= 15 is 0 Å². The van der Waals surface area contributed by atoms with Gasteiger partial charge in [0.25, 0.3) is 0 Å². The lowest BCUT2D eigenvalue weighted by atomic mass is 9.69. The molecule has 0 heterocycles. The Bertz CT molecular complexity index is 498. The fourth-order valence-electron chi connectivity index (χ4n) is 3.33. The highest BCUT2D eigenvalue weighted by Crippen LogP contribution is 2.41. The van der Waals surface area contributed by atoms with Crippen LogP contribution in [0.4, 0.5) is 0 Å². The van der Waals surface area contributed by atoms with E-state index in [0.717, 1.165) is 25.0 Å². The maximum Gasteiger partial charge on any atom is 0.234 e. The number of nitrogens with zero attached hydrogens (tertiary/aromatic N) is 1. The molecule has 0 spiro atoms. The molecule has 3 nitrogen and oxygen atoms in total. The fraction of sp³-hybridized carbons (Fsp3) is 0.588. The third-order valence-electron chi connectivity index (χ3n) is 4.53. The molecule has 0 radical (unpaired) electrons. The molecule has 1 aromatic rings. The standard InChI is InChI=1S/C17H23NO2/c1-3-14-11-15(7-8-16(14)20-2)17(12-18-13-19)9-5-4-6-10-17/h7-8,11H,3-6,9-10,12H2,1-2H3. The summed E-state index contributed by atoms with van der Waals surface area (Å²) in [6.45, 7) is 2.70. The molecule has 108 valence electrons. The Morgan fingerprint density at radius 3 is 2.65 bits per heavy atom. The molecule has 0 N–H and O–H groups in total. The molecule has 0 amide bonds. The minimum absolute atomic E-state index is 0.0197. The van der Waals surface area contributed by atoms with Gasteiger partial charge in [0.2, 0.25) is 6.08 Å². The van der Waals surface area contributed by atoms with Crippen LogP contribution < -0.4 is 4.74 Å². The Labute approximate surface area is 121 Å². The van der Waals surface area contributed by atoms with Gasteiger partial charge in [-0.2, -0.15) is 0 Å². The van der Waals surface area contributed by atoms with Crippen LogP contribution in [-0.4, -0.2) is 19.7 Å². The molecule has 1 aromatic carbocycles. The van der Waals surface area contributed by atoms with E-state index in [4.69, 9.17) is 4.74 Å². The van der Waals surface area contributed by atoms with Gasteiger partial charge in [0.15, 0.2) is 0 Å². The van der Waals surface area contributed by atoms with E-state index < -0.39 is 0 Å². The normalized spacial score (nSPS) is 17.3. The average Bonchev–Trinajstić information content (AvgIpc) is 2.53. The summed E-state index contributed by atoms with van der Waals surface area (Å²) in [7, 11) is 1.71. The number of ether oxygens (including phenoxy) is 1. The van der Waals surface area contributed by atoms with Crippen molar-refractivity contribution in [2.45, 2.75) is 50.9 Å². The molecular weight excluding hydrogens is 250 g/mol. The number of aliphatic imine (C=N–C) groups is 1. The van der Waals surface area contributed by atoms with Crippen molar-refractivity contribution in [1.82, 2.24) is 0 Å². The molecule has 1 fully saturated rings. The Kier molecular flexibility index (Phi) is 4.97. The first-order valence-corrected chi connectivity index (χ1v) is 7.47. The largest absolute Gasteiger partial charge is 0.496 e. The van der Waals surface area contributed by atoms with Crippen molar-refractivity contribution < 1.29 is 9.53 Å². The predicted octanol–water partition coefficient (Wildman–Crippen LogP) is 3.80. The molecule has 2 rings (SSSR count). The molecule has 1 aliphatic rings. The molecule has 1 aliphatic carbocycles. The summed E-state index contributed by atoms with van der Waals surface area (Å²) < 4.78 is 5.41. The topological polar surface area (TPSA) is 38.7 Å². The van der Waals surface area contributed by atoms with Crippen LogP contribution in [0.25, 0.3) is 0 Å². The lowest BCUT2D eigenvalue weighted by Crippen LogP contribution is -2.32. The summed E-state index contributed by atoms with van der Waals surface area (Å²) in [5, 5.41) is 0. The highest BCUT2D eigenvalue weighted by atomic mass is 16.5. The van der Waals surface area contributed by atoms with Crippen LogP contribution >= 0.6 is 0 Å². The van der Waals surface area contributed by atoms with E-state index in [1.807, 2.05) is 0 Å². The van der Waals surface area contributed by atoms with Gasteiger partial charge in [-0.05, 0) is 36.5 Å². The van der Waals surface area contributed by atoms with Gasteiger partial charge in [-0.15, -0.1) is 0 Å². The van der Waals surface area contributed by atoms with Gasteiger partial charge in [-0.1, -0.05) is 38.3 Å². The Hall–Kier alpha value is -1.60. The Balaban J connectivity index is 2.40. The van der Waals surface area contributed by atoms with Crippen LogP contribution in [0.2, 0.25) is 0 Å². The molecule has 0 unspecified atom stereocenters. The predicted molar refractivity (Wildman–Crippen MR) is 80.1 cm³/mol. The lowest BCUT2D eigenvalue weighted by Gasteiger charge is -2.36. The maximum atomic E-state index is 10.5. The maximum absolute atomic E-state index is 10.5. The van der Waals surface area contributed by atoms with Crippen molar-refractivity contribution in [1.29, 1.82) is 0 Å². The van der Waals surface area contributed by atoms with Crippen LogP contribution in [0.5, 0.6) is 5.75 Å². The number of aryl methyl sites for hydroxylation is 1. The van der Waals surface area contributed by atoms with Gasteiger partial charge in [-0.3, -0.25) is 0 Å². The highest BCUT2D eigenvalue weighted by Gasteiger charge is 2.34. The minimum Gasteiger partial charge on any atom is -0.496 e. The third kappa shape index (κ3) is 2.94. The Morgan fingerprint density at radius 2 is 2.05 bits per heavy atom. The monoisotopic (exact) mass is 273 g/mol. The molecule has 0 aromatic heterocycles. The molecule has 0 aliphatic heterocycles. The van der Waals surface area contributed by atoms with E-state index in [0.29, 0.717) is 6.54 Å². The molecule has 0 atom stereocenters. The number of carbonyl (C=O) groups excluding carboxylic acids is 1. The molecule has 20 heavy (non-hydrogen) atoms. The van der Waals surface area contributed by atoms with E-state index in [-0.39, 0.29) is 5.41 Å². The van der Waals surface area contributed by atoms with Crippen molar-refractivity contribution >= 4 is 6.08 Å². The molecule has 3 heteroatoms. The lowest BCUT2D eigenvalue weighted by molar-refractivity contribution is 0.300. The summed E-state index contributed by atoms with van der Waals surface area (Å²) in [4.78, 5) is 14.4. The van der Waals surface area contributed by atoms with Crippen LogP contribution in [0.3, 0.4) is 0 Å². The average molecular weight is 273 g/mol. The van der Waals surface area contributed by atoms with E-state index in [9.17, 15) is 4.79 Å². The first kappa shape index (κ1) is 14.8. The fourth-order valence-corrected chi connectivity index (χ4v) is 3.33. The highest BCUT2D eigenvalue weighted by molar-refractivity contribution is 5.41. The van der Waals surface area contributed by atoms with Gasteiger partial charge in [0, 0.05) is 5.41 Å². The third-order valence-corrected chi connectivity index (χ3v) is 4.53.